The molecular weight excluding hydrogens is 781 g/mol. The molecule has 3 aromatic carbocycles. The number of halogens is 2. The van der Waals surface area contributed by atoms with E-state index in [0.29, 0.717) is 27.4 Å². The van der Waals surface area contributed by atoms with Crippen LogP contribution in [0, 0.1) is 11.7 Å². The molecule has 0 aromatic heterocycles. The summed E-state index contributed by atoms with van der Waals surface area (Å²) in [6.07, 6.45) is 0.142. The minimum Gasteiger partial charge on any atom is -0.476 e. The number of benzene rings is 3. The van der Waals surface area contributed by atoms with Gasteiger partial charge in [-0.3, -0.25) is 13.9 Å². The van der Waals surface area contributed by atoms with E-state index in [9.17, 15) is 37.4 Å². The number of allylic oxidation sites excluding steroid dienone is 2. The number of nitrogens with two attached hydrogens (primary N) is 1. The van der Waals surface area contributed by atoms with E-state index in [1.807, 2.05) is 0 Å². The van der Waals surface area contributed by atoms with Crippen molar-refractivity contribution in [2.75, 3.05) is 20.1 Å². The first kappa shape index (κ1) is 46.0. The second-order valence-electron chi connectivity index (χ2n) is 13.7. The number of hydrogen-bond donors (Lipinski definition) is 3. The van der Waals surface area contributed by atoms with Crippen molar-refractivity contribution in [3.8, 4) is 5.75 Å². The summed E-state index contributed by atoms with van der Waals surface area (Å²) in [6, 6.07) is 17.9. The average Bonchev–Trinajstić information content (AvgIpc) is 3.13. The molecule has 57 heavy (non-hydrogen) atoms. The summed E-state index contributed by atoms with van der Waals surface area (Å²) in [4.78, 5) is 42.3. The highest BCUT2D eigenvalue weighted by atomic mass is 35.5. The summed E-state index contributed by atoms with van der Waals surface area (Å²) in [5.74, 6) is -2.68. The van der Waals surface area contributed by atoms with Gasteiger partial charge in [-0.2, -0.15) is 0 Å². The van der Waals surface area contributed by atoms with Gasteiger partial charge in [0.15, 0.2) is 11.4 Å². The van der Waals surface area contributed by atoms with Crippen LogP contribution in [0.3, 0.4) is 0 Å². The van der Waals surface area contributed by atoms with Gasteiger partial charge in [0.05, 0.1) is 30.6 Å². The highest BCUT2D eigenvalue weighted by molar-refractivity contribution is 7.88. The van der Waals surface area contributed by atoms with Crippen molar-refractivity contribution >= 4 is 50.8 Å². The zero-order valence-corrected chi connectivity index (χ0v) is 34.0. The first-order valence-electron chi connectivity index (χ1n) is 17.5. The smallest absolute Gasteiger partial charge is 0.352 e. The molecule has 3 aromatic rings. The molecule has 0 heterocycles. The van der Waals surface area contributed by atoms with Gasteiger partial charge < -0.3 is 30.2 Å². The molecule has 3 rings (SSSR count). The van der Waals surface area contributed by atoms with E-state index in [1.54, 1.807) is 50.2 Å². The van der Waals surface area contributed by atoms with E-state index in [2.05, 4.69) is 11.6 Å². The van der Waals surface area contributed by atoms with Gasteiger partial charge in [0.2, 0.25) is 16.8 Å². The maximum absolute atomic E-state index is 13.7. The number of esters is 2. The van der Waals surface area contributed by atoms with E-state index < -0.39 is 58.8 Å². The first-order chi connectivity index (χ1) is 26.6. The van der Waals surface area contributed by atoms with Crippen LogP contribution in [-0.2, 0) is 29.1 Å². The molecular formula is C41H47ClFN3O10S. The molecule has 0 amide bonds. The number of ether oxygens (including phenoxy) is 3. The molecule has 0 aliphatic rings. The lowest BCUT2D eigenvalue weighted by molar-refractivity contribution is -0.178. The summed E-state index contributed by atoms with van der Waals surface area (Å²) >= 11 is 5.90. The Balaban J connectivity index is 1.60. The van der Waals surface area contributed by atoms with E-state index in [1.165, 1.54) is 69.4 Å². The number of aliphatic imine (C=N–C) groups is 1. The Bertz CT molecular complexity index is 2120. The molecule has 0 fully saturated rings. The molecule has 0 saturated heterocycles. The number of rotatable bonds is 19. The molecule has 13 nitrogen and oxygen atoms in total. The third kappa shape index (κ3) is 14.0. The van der Waals surface area contributed by atoms with Gasteiger partial charge in [0.1, 0.15) is 17.4 Å². The van der Waals surface area contributed by atoms with Gasteiger partial charge in [0.25, 0.3) is 0 Å². The lowest BCUT2D eigenvalue weighted by Gasteiger charge is -2.24. The van der Waals surface area contributed by atoms with Crippen molar-refractivity contribution in [2.24, 2.45) is 16.6 Å². The predicted octanol–water partition coefficient (Wildman–Crippen LogP) is 5.80. The zero-order valence-electron chi connectivity index (χ0n) is 32.4. The topological polar surface area (TPSA) is 195 Å². The third-order valence-electron chi connectivity index (χ3n) is 8.28. The summed E-state index contributed by atoms with van der Waals surface area (Å²) in [6.45, 7) is 9.43. The standard InChI is InChI=1S/C41H47ClFN3O10S/c1-25(2)38(45-26(3)46(6)57(7,52)53)35(37(44)27-10-16-31(43)17-11-27)21-18-32(47)22-33(48)23-36(49)54-24-55-40(51)41(4,5)56-34-19-12-29(13-20-34)39(50)28-8-14-30(42)15-9-28/h8-21,25,32-33,47-48H,3,22-24,44H2,1-2,4-7H3/b21-18+,37-35-,45-38?/t32-,33+/m0/s1. The largest absolute Gasteiger partial charge is 0.476 e. The number of aliphatic hydroxyl groups excluding tert-OH is 2. The van der Waals surface area contributed by atoms with Crippen molar-refractivity contribution in [1.29, 1.82) is 0 Å². The van der Waals surface area contributed by atoms with Crippen LogP contribution in [0.4, 0.5) is 4.39 Å². The number of ketones is 1. The summed E-state index contributed by atoms with van der Waals surface area (Å²) in [7, 11) is -2.41. The molecule has 0 spiro atoms. The van der Waals surface area contributed by atoms with E-state index in [4.69, 9.17) is 31.5 Å². The highest BCUT2D eigenvalue weighted by Crippen LogP contribution is 2.24. The van der Waals surface area contributed by atoms with Crippen LogP contribution >= 0.6 is 11.6 Å². The molecule has 0 unspecified atom stereocenters. The third-order valence-corrected chi connectivity index (χ3v) is 9.73. The lowest BCUT2D eigenvalue weighted by Crippen LogP contribution is -2.40. The number of nitrogens with zero attached hydrogens (tertiary/aromatic N) is 2. The van der Waals surface area contributed by atoms with Crippen molar-refractivity contribution in [3.05, 3.63) is 130 Å². The van der Waals surface area contributed by atoms with Gasteiger partial charge in [-0.25, -0.2) is 22.6 Å². The van der Waals surface area contributed by atoms with Crippen LogP contribution in [0.5, 0.6) is 5.75 Å². The molecule has 2 atom stereocenters. The highest BCUT2D eigenvalue weighted by Gasteiger charge is 2.32. The first-order valence-corrected chi connectivity index (χ1v) is 19.8. The predicted molar refractivity (Wildman–Crippen MR) is 215 cm³/mol. The molecule has 0 aliphatic carbocycles. The molecule has 0 bridgehead atoms. The fourth-order valence-electron chi connectivity index (χ4n) is 5.00. The zero-order chi connectivity index (χ0) is 42.7. The molecule has 16 heteroatoms. The Morgan fingerprint density at radius 2 is 1.51 bits per heavy atom. The Morgan fingerprint density at radius 3 is 2.05 bits per heavy atom. The summed E-state index contributed by atoms with van der Waals surface area (Å²) < 4.78 is 54.6. The number of hydrogen-bond acceptors (Lipinski definition) is 12. The lowest BCUT2D eigenvalue weighted by atomic mass is 9.94. The number of carbonyl (C=O) groups excluding carboxylic acids is 3. The van der Waals surface area contributed by atoms with E-state index >= 15 is 0 Å². The van der Waals surface area contributed by atoms with Crippen molar-refractivity contribution in [1.82, 2.24) is 4.31 Å². The molecule has 0 aliphatic heterocycles. The van der Waals surface area contributed by atoms with Gasteiger partial charge in [-0.05, 0) is 98.1 Å². The quantitative estimate of drug-likeness (QED) is 0.0435. The SMILES string of the molecule is C=C(N=C(C(/C=C/[C@H](O)C[C@@H](O)CC(=O)OCOC(=O)C(C)(C)Oc1ccc(C(=O)c2ccc(Cl)cc2)cc1)=C(\N)c1ccc(F)cc1)C(C)C)N(C)S(C)(=O)=O. The number of aliphatic hydroxyl groups is 2. The van der Waals surface area contributed by atoms with Crippen molar-refractivity contribution in [2.45, 2.75) is 58.3 Å². The van der Waals surface area contributed by atoms with E-state index in [0.717, 1.165) is 10.6 Å². The van der Waals surface area contributed by atoms with E-state index in [-0.39, 0.29) is 41.0 Å². The van der Waals surface area contributed by atoms with Crippen LogP contribution < -0.4 is 10.5 Å². The van der Waals surface area contributed by atoms with Crippen LogP contribution in [0.15, 0.2) is 108 Å². The maximum atomic E-state index is 13.7. The van der Waals surface area contributed by atoms with Crippen LogP contribution in [0.2, 0.25) is 5.02 Å². The summed E-state index contributed by atoms with van der Waals surface area (Å²) in [5, 5.41) is 21.8. The normalized spacial score (nSPS) is 13.8. The number of carbonyl (C=O) groups is 3. The van der Waals surface area contributed by atoms with Crippen molar-refractivity contribution in [3.63, 3.8) is 0 Å². The second-order valence-corrected chi connectivity index (χ2v) is 16.1. The second kappa shape index (κ2) is 20.2. The Hall–Kier alpha value is -5.35. The Morgan fingerprint density at radius 1 is 0.965 bits per heavy atom. The fraction of sp³-hybridized carbons (Fsp3) is 0.317. The van der Waals surface area contributed by atoms with Gasteiger partial charge >= 0.3 is 11.9 Å². The number of sulfonamides is 1. The summed E-state index contributed by atoms with van der Waals surface area (Å²) in [5.41, 5.74) is 6.94. The Kier molecular flexibility index (Phi) is 16.3. The fourth-order valence-corrected chi connectivity index (χ4v) is 5.55. The minimum atomic E-state index is -3.69. The molecule has 0 radical (unpaired) electrons. The molecule has 4 N–H and O–H groups in total. The van der Waals surface area contributed by atoms with Crippen molar-refractivity contribution < 1.29 is 51.6 Å². The van der Waals surface area contributed by atoms with Crippen LogP contribution in [-0.4, -0.2) is 84.3 Å². The maximum Gasteiger partial charge on any atom is 0.352 e. The van der Waals surface area contributed by atoms with Gasteiger partial charge in [-0.1, -0.05) is 44.2 Å². The van der Waals surface area contributed by atoms with Crippen LogP contribution in [0.25, 0.3) is 5.70 Å². The molecule has 0 saturated carbocycles. The Labute approximate surface area is 337 Å². The molecule has 306 valence electrons. The average molecular weight is 828 g/mol. The van der Waals surface area contributed by atoms with Gasteiger partial charge in [0, 0.05) is 40.9 Å². The monoisotopic (exact) mass is 827 g/mol. The minimum absolute atomic E-state index is 0.106. The van der Waals surface area contributed by atoms with Gasteiger partial charge in [-0.15, -0.1) is 0 Å². The van der Waals surface area contributed by atoms with Crippen LogP contribution in [0.1, 0.15) is 62.0 Å².